The van der Waals surface area contributed by atoms with E-state index in [0.717, 1.165) is 47.9 Å². The van der Waals surface area contributed by atoms with Crippen molar-refractivity contribution in [2.75, 3.05) is 13.2 Å². The van der Waals surface area contributed by atoms with Crippen LogP contribution in [0, 0.1) is 0 Å². The Balaban J connectivity index is 1.53. The first kappa shape index (κ1) is 26.3. The molecule has 0 saturated heterocycles. The number of benzene rings is 2. The molecule has 0 aromatic heterocycles. The summed E-state index contributed by atoms with van der Waals surface area (Å²) in [5.41, 5.74) is 4.41. The van der Waals surface area contributed by atoms with E-state index in [1.165, 1.54) is 12.8 Å². The number of hydrogen-bond acceptors (Lipinski definition) is 5. The maximum atomic E-state index is 12.6. The second-order valence-electron chi connectivity index (χ2n) is 8.89. The first-order valence-electron chi connectivity index (χ1n) is 12.5. The Morgan fingerprint density at radius 2 is 1.49 bits per heavy atom. The number of fused-ring (bicyclic) bond motifs is 3. The zero-order valence-electron chi connectivity index (χ0n) is 20.3. The largest absolute Gasteiger partial charge is 0.481 e. The van der Waals surface area contributed by atoms with Gasteiger partial charge in [0, 0.05) is 12.3 Å². The zero-order valence-corrected chi connectivity index (χ0v) is 20.3. The van der Waals surface area contributed by atoms with E-state index in [1.807, 2.05) is 36.4 Å². The second kappa shape index (κ2) is 13.5. The molecule has 0 bridgehead atoms. The fraction of sp³-hybridized carbons (Fsp3) is 0.464. The van der Waals surface area contributed by atoms with Gasteiger partial charge in [-0.15, -0.1) is 0 Å². The highest BCUT2D eigenvalue weighted by molar-refractivity contribution is 5.82. The van der Waals surface area contributed by atoms with Crippen LogP contribution in [0.25, 0.3) is 11.1 Å². The third kappa shape index (κ3) is 7.57. The number of alkyl carbamates (subject to hydrolysis) is 1. The van der Waals surface area contributed by atoms with Crippen molar-refractivity contribution >= 4 is 18.0 Å². The lowest BCUT2D eigenvalue weighted by molar-refractivity contribution is -0.146. The molecule has 0 saturated carbocycles. The lowest BCUT2D eigenvalue weighted by Gasteiger charge is -2.19. The van der Waals surface area contributed by atoms with E-state index < -0.39 is 24.1 Å². The summed E-state index contributed by atoms with van der Waals surface area (Å²) < 4.78 is 10.8. The number of esters is 1. The molecule has 1 aliphatic carbocycles. The van der Waals surface area contributed by atoms with Crippen molar-refractivity contribution < 1.29 is 29.0 Å². The van der Waals surface area contributed by atoms with Crippen LogP contribution in [0.4, 0.5) is 4.79 Å². The first-order valence-corrected chi connectivity index (χ1v) is 12.5. The van der Waals surface area contributed by atoms with Crippen molar-refractivity contribution in [3.05, 3.63) is 59.7 Å². The fourth-order valence-corrected chi connectivity index (χ4v) is 4.45. The Morgan fingerprint density at radius 1 is 0.886 bits per heavy atom. The molecule has 1 unspecified atom stereocenters. The van der Waals surface area contributed by atoms with Crippen LogP contribution in [-0.4, -0.2) is 42.4 Å². The number of amides is 1. The predicted octanol–water partition coefficient (Wildman–Crippen LogP) is 5.66. The Bertz CT molecular complexity index is 959. The van der Waals surface area contributed by atoms with Gasteiger partial charge in [0.15, 0.2) is 0 Å². The molecule has 2 aromatic carbocycles. The summed E-state index contributed by atoms with van der Waals surface area (Å²) in [5, 5.41) is 11.5. The van der Waals surface area contributed by atoms with Gasteiger partial charge in [-0.1, -0.05) is 87.6 Å². The van der Waals surface area contributed by atoms with Crippen LogP contribution in [0.15, 0.2) is 48.5 Å². The summed E-state index contributed by atoms with van der Waals surface area (Å²) in [4.78, 5) is 36.1. The van der Waals surface area contributed by atoms with Crippen molar-refractivity contribution in [1.29, 1.82) is 0 Å². The Morgan fingerprint density at radius 3 is 2.11 bits per heavy atom. The first-order chi connectivity index (χ1) is 17.0. The van der Waals surface area contributed by atoms with Crippen molar-refractivity contribution in [2.24, 2.45) is 0 Å². The van der Waals surface area contributed by atoms with Crippen molar-refractivity contribution in [2.45, 2.75) is 70.3 Å². The van der Waals surface area contributed by atoms with E-state index >= 15 is 0 Å². The number of carboxylic acid groups (broad SMARTS) is 1. The number of rotatable bonds is 14. The van der Waals surface area contributed by atoms with E-state index in [4.69, 9.17) is 14.6 Å². The lowest BCUT2D eigenvalue weighted by Crippen LogP contribution is -2.42. The Kier molecular flexibility index (Phi) is 10.1. The molecular formula is C28H35NO6. The van der Waals surface area contributed by atoms with Gasteiger partial charge in [-0.05, 0) is 35.1 Å². The Labute approximate surface area is 206 Å². The SMILES string of the molecule is CCCCCCCCOC(=O)C(CCC(=O)O)NC(=O)OCC1c2ccccc2-c2ccccc21. The van der Waals surface area contributed by atoms with Crippen LogP contribution in [0.1, 0.15) is 75.3 Å². The molecule has 3 rings (SSSR count). The van der Waals surface area contributed by atoms with Gasteiger partial charge in [0.25, 0.3) is 0 Å². The molecule has 0 spiro atoms. The number of nitrogens with one attached hydrogen (secondary N) is 1. The average molecular weight is 482 g/mol. The number of carbonyl (C=O) groups excluding carboxylic acids is 2. The van der Waals surface area contributed by atoms with E-state index in [2.05, 4.69) is 24.4 Å². The minimum absolute atomic E-state index is 0.0607. The number of unbranched alkanes of at least 4 members (excludes halogenated alkanes) is 5. The monoisotopic (exact) mass is 481 g/mol. The molecule has 7 heteroatoms. The quantitative estimate of drug-likeness (QED) is 0.267. The molecule has 1 amide bonds. The molecule has 0 radical (unpaired) electrons. The molecule has 2 aromatic rings. The van der Waals surface area contributed by atoms with Gasteiger partial charge in [0.2, 0.25) is 0 Å². The summed E-state index contributed by atoms with van der Waals surface area (Å²) in [6.07, 6.45) is 5.23. The fourth-order valence-electron chi connectivity index (χ4n) is 4.45. The summed E-state index contributed by atoms with van der Waals surface area (Å²) in [6, 6.07) is 15.0. The number of carbonyl (C=O) groups is 3. The third-order valence-electron chi connectivity index (χ3n) is 6.31. The Hall–Kier alpha value is -3.35. The number of ether oxygens (including phenoxy) is 2. The van der Waals surface area contributed by atoms with Crippen LogP contribution in [0.5, 0.6) is 0 Å². The maximum Gasteiger partial charge on any atom is 0.407 e. The van der Waals surface area contributed by atoms with Crippen LogP contribution in [0.3, 0.4) is 0 Å². The van der Waals surface area contributed by atoms with Gasteiger partial charge in [-0.25, -0.2) is 9.59 Å². The molecule has 1 atom stereocenters. The maximum absolute atomic E-state index is 12.6. The van der Waals surface area contributed by atoms with Crippen LogP contribution in [-0.2, 0) is 19.1 Å². The topological polar surface area (TPSA) is 102 Å². The average Bonchev–Trinajstić information content (AvgIpc) is 3.18. The van der Waals surface area contributed by atoms with E-state index in [9.17, 15) is 14.4 Å². The molecular weight excluding hydrogens is 446 g/mol. The molecule has 188 valence electrons. The van der Waals surface area contributed by atoms with Crippen molar-refractivity contribution in [3.63, 3.8) is 0 Å². The summed E-state index contributed by atoms with van der Waals surface area (Å²) >= 11 is 0. The minimum atomic E-state index is -1.07. The molecule has 7 nitrogen and oxygen atoms in total. The summed E-state index contributed by atoms with van der Waals surface area (Å²) in [7, 11) is 0. The van der Waals surface area contributed by atoms with Gasteiger partial charge in [0.05, 0.1) is 6.61 Å². The summed E-state index contributed by atoms with van der Waals surface area (Å²) in [6.45, 7) is 2.52. The number of hydrogen-bond donors (Lipinski definition) is 2. The molecule has 35 heavy (non-hydrogen) atoms. The van der Waals surface area contributed by atoms with Gasteiger partial charge < -0.3 is 19.9 Å². The highest BCUT2D eigenvalue weighted by Gasteiger charge is 2.30. The van der Waals surface area contributed by atoms with Gasteiger partial charge >= 0.3 is 18.0 Å². The predicted molar refractivity (Wildman–Crippen MR) is 133 cm³/mol. The molecule has 2 N–H and O–H groups in total. The number of carboxylic acids is 1. The van der Waals surface area contributed by atoms with E-state index in [-0.39, 0.29) is 32.0 Å². The molecule has 1 aliphatic rings. The highest BCUT2D eigenvalue weighted by atomic mass is 16.6. The highest BCUT2D eigenvalue weighted by Crippen LogP contribution is 2.44. The second-order valence-corrected chi connectivity index (χ2v) is 8.89. The third-order valence-corrected chi connectivity index (χ3v) is 6.31. The zero-order chi connectivity index (χ0) is 25.0. The number of aliphatic carboxylic acids is 1. The van der Waals surface area contributed by atoms with Crippen LogP contribution < -0.4 is 5.32 Å². The normalized spacial score (nSPS) is 12.9. The van der Waals surface area contributed by atoms with Crippen molar-refractivity contribution in [1.82, 2.24) is 5.32 Å². The van der Waals surface area contributed by atoms with Crippen LogP contribution in [0.2, 0.25) is 0 Å². The summed E-state index contributed by atoms with van der Waals surface area (Å²) in [5.74, 6) is -1.79. The molecule has 0 aliphatic heterocycles. The standard InChI is InChI=1S/C28H35NO6/c1-2-3-4-5-6-11-18-34-27(32)25(16-17-26(30)31)29-28(33)35-19-24-22-14-9-7-12-20(22)21-13-8-10-15-23(21)24/h7-10,12-15,24-25H,2-6,11,16-19H2,1H3,(H,29,33)(H,30,31). The van der Waals surface area contributed by atoms with Crippen molar-refractivity contribution in [3.8, 4) is 11.1 Å². The molecule has 0 fully saturated rings. The smallest absolute Gasteiger partial charge is 0.407 e. The molecule has 0 heterocycles. The van der Waals surface area contributed by atoms with Crippen LogP contribution >= 0.6 is 0 Å². The van der Waals surface area contributed by atoms with E-state index in [1.54, 1.807) is 0 Å². The van der Waals surface area contributed by atoms with Gasteiger partial charge in [0.1, 0.15) is 12.6 Å². The lowest BCUT2D eigenvalue weighted by atomic mass is 9.98. The van der Waals surface area contributed by atoms with Gasteiger partial charge in [-0.2, -0.15) is 0 Å². The van der Waals surface area contributed by atoms with Gasteiger partial charge in [-0.3, -0.25) is 4.79 Å². The van der Waals surface area contributed by atoms with E-state index in [0.29, 0.717) is 0 Å². The minimum Gasteiger partial charge on any atom is -0.481 e.